The van der Waals surface area contributed by atoms with E-state index >= 15 is 0 Å². The number of halogens is 1. The van der Waals surface area contributed by atoms with Crippen molar-refractivity contribution in [2.45, 2.75) is 76.0 Å². The maximum absolute atomic E-state index is 14.3. The predicted octanol–water partition coefficient (Wildman–Crippen LogP) is 5.07. The van der Waals surface area contributed by atoms with Crippen LogP contribution in [-0.4, -0.2) is 67.0 Å². The van der Waals surface area contributed by atoms with Crippen LogP contribution in [0.2, 0.25) is 0 Å². The molecule has 3 aliphatic heterocycles. The highest BCUT2D eigenvalue weighted by Crippen LogP contribution is 2.37. The summed E-state index contributed by atoms with van der Waals surface area (Å²) in [6.07, 6.45) is 8.11. The minimum absolute atomic E-state index is 0.0408. The summed E-state index contributed by atoms with van der Waals surface area (Å²) in [5.41, 5.74) is 3.47. The molecular formula is C30H40FN3O5. The van der Waals surface area contributed by atoms with E-state index in [1.54, 1.807) is 13.2 Å². The molecule has 0 unspecified atom stereocenters. The van der Waals surface area contributed by atoms with Gasteiger partial charge >= 0.3 is 5.97 Å². The number of hydrogen-bond acceptors (Lipinski definition) is 7. The van der Waals surface area contributed by atoms with Crippen molar-refractivity contribution in [1.82, 2.24) is 9.88 Å². The number of anilines is 1. The van der Waals surface area contributed by atoms with E-state index < -0.39 is 17.8 Å². The molecule has 2 N–H and O–H groups in total. The van der Waals surface area contributed by atoms with Crippen molar-refractivity contribution in [2.24, 2.45) is 0 Å². The van der Waals surface area contributed by atoms with Crippen molar-refractivity contribution in [3.63, 3.8) is 0 Å². The second-order valence-electron chi connectivity index (χ2n) is 10.8. The lowest BCUT2D eigenvalue weighted by Crippen LogP contribution is -2.34. The van der Waals surface area contributed by atoms with Crippen molar-refractivity contribution in [3.05, 3.63) is 52.5 Å². The third-order valence-corrected chi connectivity index (χ3v) is 8.08. The van der Waals surface area contributed by atoms with Crippen LogP contribution in [0.1, 0.15) is 79.5 Å². The van der Waals surface area contributed by atoms with Crippen molar-refractivity contribution in [3.8, 4) is 5.75 Å². The van der Waals surface area contributed by atoms with E-state index in [9.17, 15) is 14.3 Å². The summed E-state index contributed by atoms with van der Waals surface area (Å²) >= 11 is 0. The number of pyridine rings is 1. The zero-order chi connectivity index (χ0) is 27.2. The maximum Gasteiger partial charge on any atom is 0.325 e. The summed E-state index contributed by atoms with van der Waals surface area (Å²) in [5, 5.41) is 13.6. The Morgan fingerprint density at radius 2 is 2.15 bits per heavy atom. The Kier molecular flexibility index (Phi) is 9.32. The Hall–Kier alpha value is -2.75. The molecule has 0 spiro atoms. The Morgan fingerprint density at radius 1 is 1.26 bits per heavy atom. The van der Waals surface area contributed by atoms with Crippen molar-refractivity contribution >= 4 is 11.8 Å². The molecule has 8 nitrogen and oxygen atoms in total. The average molecular weight is 542 g/mol. The Bertz CT molecular complexity index is 1120. The number of fused-ring (bicyclic) bond motifs is 1. The standard InChI is InChI=1S/C30H40FN3O5/c1-37-27-18-21(33-29-24(27)8-6-13-32-29)7-2-4-15-38-22-12-14-34(19-22)28(30(35)36)25-17-20(31)10-11-23(25)26-9-3-5-16-39-26/h10-11,17-18,22,26,28H,2-9,12-16,19H2,1H3,(H,32,33)(H,35,36)/t22-,26+,28+/m1/s1. The zero-order valence-corrected chi connectivity index (χ0v) is 22.8. The van der Waals surface area contributed by atoms with Gasteiger partial charge in [-0.1, -0.05) is 6.07 Å². The largest absolute Gasteiger partial charge is 0.496 e. The monoisotopic (exact) mass is 541 g/mol. The summed E-state index contributed by atoms with van der Waals surface area (Å²) in [6.45, 7) is 3.29. The Balaban J connectivity index is 1.14. The van der Waals surface area contributed by atoms with Crippen molar-refractivity contribution in [1.29, 1.82) is 0 Å². The number of aryl methyl sites for hydroxylation is 1. The van der Waals surface area contributed by atoms with Crippen LogP contribution >= 0.6 is 0 Å². The molecule has 2 aromatic rings. The number of aliphatic carboxylic acids is 1. The third-order valence-electron chi connectivity index (χ3n) is 8.08. The molecule has 2 fully saturated rings. The highest BCUT2D eigenvalue weighted by Gasteiger charge is 2.36. The number of aromatic nitrogens is 1. The van der Waals surface area contributed by atoms with Crippen molar-refractivity contribution in [2.75, 3.05) is 45.3 Å². The first-order valence-electron chi connectivity index (χ1n) is 14.3. The highest BCUT2D eigenvalue weighted by atomic mass is 19.1. The average Bonchev–Trinajstić information content (AvgIpc) is 3.41. The quantitative estimate of drug-likeness (QED) is 0.381. The first-order valence-corrected chi connectivity index (χ1v) is 14.3. The minimum atomic E-state index is -0.972. The molecule has 5 rings (SSSR count). The molecule has 0 bridgehead atoms. The van der Waals surface area contributed by atoms with Gasteiger partial charge in [0.25, 0.3) is 0 Å². The molecule has 9 heteroatoms. The van der Waals surface area contributed by atoms with Crippen LogP contribution in [0.5, 0.6) is 5.75 Å². The Morgan fingerprint density at radius 3 is 2.95 bits per heavy atom. The van der Waals surface area contributed by atoms with E-state index in [0.717, 1.165) is 92.7 Å². The summed E-state index contributed by atoms with van der Waals surface area (Å²) in [7, 11) is 1.71. The number of ether oxygens (including phenoxy) is 3. The van der Waals surface area contributed by atoms with Crippen LogP contribution in [0, 0.1) is 5.82 Å². The first kappa shape index (κ1) is 27.8. The van der Waals surface area contributed by atoms with E-state index in [0.29, 0.717) is 31.9 Å². The van der Waals surface area contributed by atoms with Crippen LogP contribution in [0.15, 0.2) is 24.3 Å². The van der Waals surface area contributed by atoms with E-state index in [-0.39, 0.29) is 12.2 Å². The second kappa shape index (κ2) is 13.1. The van der Waals surface area contributed by atoms with Gasteiger partial charge in [-0.3, -0.25) is 9.69 Å². The molecule has 2 saturated heterocycles. The van der Waals surface area contributed by atoms with Crippen LogP contribution in [-0.2, 0) is 27.1 Å². The number of carbonyl (C=O) groups is 1. The van der Waals surface area contributed by atoms with Gasteiger partial charge < -0.3 is 24.6 Å². The molecule has 4 heterocycles. The first-order chi connectivity index (χ1) is 19.0. The molecule has 0 saturated carbocycles. The van der Waals surface area contributed by atoms with Crippen LogP contribution in [0.3, 0.4) is 0 Å². The fourth-order valence-corrected chi connectivity index (χ4v) is 6.10. The summed E-state index contributed by atoms with van der Waals surface area (Å²) in [6, 6.07) is 5.60. The van der Waals surface area contributed by atoms with Gasteiger partial charge in [-0.05, 0) is 81.0 Å². The number of carboxylic acid groups (broad SMARTS) is 1. The van der Waals surface area contributed by atoms with E-state index in [4.69, 9.17) is 19.2 Å². The molecule has 3 aliphatic rings. The molecule has 39 heavy (non-hydrogen) atoms. The fraction of sp³-hybridized carbons (Fsp3) is 0.600. The molecule has 3 atom stereocenters. The van der Waals surface area contributed by atoms with Gasteiger partial charge in [-0.15, -0.1) is 0 Å². The molecular weight excluding hydrogens is 501 g/mol. The molecule has 1 aromatic heterocycles. The molecule has 212 valence electrons. The van der Waals surface area contributed by atoms with Crippen LogP contribution < -0.4 is 10.1 Å². The topological polar surface area (TPSA) is 93.2 Å². The summed E-state index contributed by atoms with van der Waals surface area (Å²) in [4.78, 5) is 19.1. The number of benzene rings is 1. The number of nitrogens with one attached hydrogen (secondary N) is 1. The fourth-order valence-electron chi connectivity index (χ4n) is 6.10. The number of carboxylic acids is 1. The SMILES string of the molecule is COc1cc(CCCCO[C@@H]2CCN([C@H](C(=O)O)c3cc(F)ccc3[C@@H]3CCCCO3)C2)nc2c1CCCN2. The summed E-state index contributed by atoms with van der Waals surface area (Å²) in [5.74, 6) is 0.460. The minimum Gasteiger partial charge on any atom is -0.496 e. The third kappa shape index (κ3) is 6.70. The predicted molar refractivity (Wildman–Crippen MR) is 146 cm³/mol. The smallest absolute Gasteiger partial charge is 0.325 e. The maximum atomic E-state index is 14.3. The highest BCUT2D eigenvalue weighted by molar-refractivity contribution is 5.76. The second-order valence-corrected chi connectivity index (χ2v) is 10.8. The van der Waals surface area contributed by atoms with Gasteiger partial charge in [0.2, 0.25) is 0 Å². The normalized spacial score (nSPS) is 22.2. The van der Waals surface area contributed by atoms with Gasteiger partial charge in [0.05, 0.1) is 19.3 Å². The number of hydrogen-bond donors (Lipinski definition) is 2. The van der Waals surface area contributed by atoms with Crippen LogP contribution in [0.25, 0.3) is 0 Å². The number of rotatable bonds is 11. The molecule has 0 amide bonds. The van der Waals surface area contributed by atoms with E-state index in [1.807, 2.05) is 11.0 Å². The van der Waals surface area contributed by atoms with Gasteiger partial charge in [0, 0.05) is 50.2 Å². The van der Waals surface area contributed by atoms with E-state index in [1.165, 1.54) is 12.1 Å². The summed E-state index contributed by atoms with van der Waals surface area (Å²) < 4.78 is 32.0. The molecule has 1 aromatic carbocycles. The molecule has 0 aliphatic carbocycles. The lowest BCUT2D eigenvalue weighted by molar-refractivity contribution is -0.143. The van der Waals surface area contributed by atoms with Crippen molar-refractivity contribution < 1.29 is 28.5 Å². The number of unbranched alkanes of at least 4 members (excludes halogenated alkanes) is 1. The lowest BCUT2D eigenvalue weighted by Gasteiger charge is -2.30. The van der Waals surface area contributed by atoms with Crippen LogP contribution in [0.4, 0.5) is 10.2 Å². The van der Waals surface area contributed by atoms with Gasteiger partial charge in [-0.25, -0.2) is 9.37 Å². The Labute approximate surface area is 229 Å². The zero-order valence-electron chi connectivity index (χ0n) is 22.8. The number of methoxy groups -OCH3 is 1. The van der Waals surface area contributed by atoms with Gasteiger partial charge in [0.1, 0.15) is 23.4 Å². The number of likely N-dealkylation sites (tertiary alicyclic amines) is 1. The van der Waals surface area contributed by atoms with Gasteiger partial charge in [0.15, 0.2) is 0 Å². The van der Waals surface area contributed by atoms with E-state index in [2.05, 4.69) is 5.32 Å². The lowest BCUT2D eigenvalue weighted by atomic mass is 9.92. The number of nitrogens with zero attached hydrogens (tertiary/aromatic N) is 2. The van der Waals surface area contributed by atoms with Gasteiger partial charge in [-0.2, -0.15) is 0 Å². The molecule has 0 radical (unpaired) electrons.